The molecule has 0 bridgehead atoms. The van der Waals surface area contributed by atoms with Gasteiger partial charge < -0.3 is 10.3 Å². The number of phenolic OH excluding ortho intramolecular Hbond substituents is 1. The highest BCUT2D eigenvalue weighted by molar-refractivity contribution is 6.02. The number of fused-ring (bicyclic) bond motifs is 3. The average molecular weight is 293 g/mol. The number of nitrogens with zero attached hydrogens (tertiary/aromatic N) is 3. The molecule has 4 aromatic rings. The van der Waals surface area contributed by atoms with E-state index >= 15 is 0 Å². The van der Waals surface area contributed by atoms with Gasteiger partial charge in [-0.05, 0) is 30.3 Å². The van der Waals surface area contributed by atoms with Crippen molar-refractivity contribution in [1.82, 2.24) is 14.5 Å². The van der Waals surface area contributed by atoms with Crippen LogP contribution < -0.4 is 5.56 Å². The second-order valence-electron chi connectivity index (χ2n) is 4.99. The van der Waals surface area contributed by atoms with Gasteiger partial charge in [0.05, 0.1) is 16.6 Å². The summed E-state index contributed by atoms with van der Waals surface area (Å²) in [7, 11) is 0. The molecule has 0 saturated heterocycles. The first-order valence-electron chi connectivity index (χ1n) is 6.67. The standard InChI is InChI=1S/C16H11N3O3/c20-11-7-5-10(6-8-11)18-9-13-15(17-18)12-3-1-2-4-14(12)19(22)16(13)21/h1-9,20,22H. The second-order valence-corrected chi connectivity index (χ2v) is 4.99. The summed E-state index contributed by atoms with van der Waals surface area (Å²) in [6.45, 7) is 0. The van der Waals surface area contributed by atoms with E-state index in [9.17, 15) is 15.1 Å². The summed E-state index contributed by atoms with van der Waals surface area (Å²) >= 11 is 0. The maximum absolute atomic E-state index is 12.3. The number of aromatic hydroxyl groups is 1. The van der Waals surface area contributed by atoms with Crippen molar-refractivity contribution in [1.29, 1.82) is 0 Å². The summed E-state index contributed by atoms with van der Waals surface area (Å²) in [4.78, 5) is 12.3. The topological polar surface area (TPSA) is 80.3 Å². The Kier molecular flexibility index (Phi) is 2.47. The van der Waals surface area contributed by atoms with E-state index in [1.165, 1.54) is 0 Å². The lowest BCUT2D eigenvalue weighted by Gasteiger charge is -2.02. The Balaban J connectivity index is 2.09. The zero-order valence-corrected chi connectivity index (χ0v) is 11.3. The Labute approximate surface area is 124 Å². The van der Waals surface area contributed by atoms with Crippen LogP contribution in [0.15, 0.2) is 59.5 Å². The number of benzene rings is 2. The van der Waals surface area contributed by atoms with Gasteiger partial charge in [-0.2, -0.15) is 5.10 Å². The van der Waals surface area contributed by atoms with Crippen LogP contribution >= 0.6 is 0 Å². The highest BCUT2D eigenvalue weighted by atomic mass is 16.5. The minimum absolute atomic E-state index is 0.156. The smallest absolute Gasteiger partial charge is 0.294 e. The van der Waals surface area contributed by atoms with Crippen LogP contribution in [0.1, 0.15) is 0 Å². The third kappa shape index (κ3) is 1.67. The molecule has 2 N–H and O–H groups in total. The Morgan fingerprint density at radius 2 is 1.68 bits per heavy atom. The van der Waals surface area contributed by atoms with Crippen LogP contribution in [0, 0.1) is 0 Å². The fourth-order valence-electron chi connectivity index (χ4n) is 2.55. The Morgan fingerprint density at radius 1 is 0.955 bits per heavy atom. The van der Waals surface area contributed by atoms with Crippen molar-refractivity contribution in [3.05, 3.63) is 65.1 Å². The van der Waals surface area contributed by atoms with Gasteiger partial charge in [0.15, 0.2) is 0 Å². The minimum atomic E-state index is -0.515. The minimum Gasteiger partial charge on any atom is -0.508 e. The molecular weight excluding hydrogens is 282 g/mol. The van der Waals surface area contributed by atoms with Crippen LogP contribution in [0.25, 0.3) is 27.5 Å². The molecular formula is C16H11N3O3. The Morgan fingerprint density at radius 3 is 2.45 bits per heavy atom. The van der Waals surface area contributed by atoms with Crippen LogP contribution in [0.4, 0.5) is 0 Å². The van der Waals surface area contributed by atoms with Gasteiger partial charge in [0.2, 0.25) is 0 Å². The SMILES string of the molecule is O=c1c2cn(-c3ccc(O)cc3)nc2c2ccccc2n1O. The number of pyridine rings is 1. The molecule has 0 radical (unpaired) electrons. The van der Waals surface area contributed by atoms with Crippen molar-refractivity contribution in [3.8, 4) is 11.4 Å². The summed E-state index contributed by atoms with van der Waals surface area (Å²) in [5.74, 6) is 0.156. The summed E-state index contributed by atoms with van der Waals surface area (Å²) in [6, 6.07) is 13.5. The van der Waals surface area contributed by atoms with Gasteiger partial charge in [-0.25, -0.2) is 4.68 Å². The molecule has 108 valence electrons. The molecule has 0 aliphatic carbocycles. The Bertz CT molecular complexity index is 1060. The summed E-state index contributed by atoms with van der Waals surface area (Å²) in [5, 5.41) is 24.8. The lowest BCUT2D eigenvalue weighted by molar-refractivity contribution is 0.190. The number of para-hydroxylation sites is 1. The van der Waals surface area contributed by atoms with E-state index in [0.717, 1.165) is 0 Å². The average Bonchev–Trinajstić information content (AvgIpc) is 2.99. The largest absolute Gasteiger partial charge is 0.508 e. The summed E-state index contributed by atoms with van der Waals surface area (Å²) in [6.07, 6.45) is 1.57. The Hall–Kier alpha value is -3.28. The molecule has 0 saturated carbocycles. The number of aromatic nitrogens is 3. The van der Waals surface area contributed by atoms with Gasteiger partial charge in [-0.3, -0.25) is 4.79 Å². The van der Waals surface area contributed by atoms with Crippen molar-refractivity contribution < 1.29 is 10.3 Å². The van der Waals surface area contributed by atoms with Gasteiger partial charge in [0, 0.05) is 11.6 Å². The zero-order chi connectivity index (χ0) is 15.3. The first kappa shape index (κ1) is 12.5. The second kappa shape index (κ2) is 4.36. The van der Waals surface area contributed by atoms with E-state index in [2.05, 4.69) is 5.10 Å². The van der Waals surface area contributed by atoms with Gasteiger partial charge >= 0.3 is 0 Å². The molecule has 2 heterocycles. The normalized spacial score (nSPS) is 11.3. The maximum Gasteiger partial charge on any atom is 0.294 e. The highest BCUT2D eigenvalue weighted by Gasteiger charge is 2.14. The predicted molar refractivity (Wildman–Crippen MR) is 81.7 cm³/mol. The molecule has 4 rings (SSSR count). The molecule has 0 aliphatic heterocycles. The quantitative estimate of drug-likeness (QED) is 0.528. The molecule has 22 heavy (non-hydrogen) atoms. The van der Waals surface area contributed by atoms with E-state index < -0.39 is 5.56 Å². The van der Waals surface area contributed by atoms with Crippen molar-refractivity contribution in [2.75, 3.05) is 0 Å². The number of hydrogen-bond acceptors (Lipinski definition) is 4. The fraction of sp³-hybridized carbons (Fsp3) is 0. The van der Waals surface area contributed by atoms with Gasteiger partial charge in [-0.1, -0.05) is 18.2 Å². The summed E-state index contributed by atoms with van der Waals surface area (Å²) in [5.41, 5.74) is 1.13. The van der Waals surface area contributed by atoms with Crippen LogP contribution in [0.3, 0.4) is 0 Å². The van der Waals surface area contributed by atoms with Crippen molar-refractivity contribution in [2.45, 2.75) is 0 Å². The lowest BCUT2D eigenvalue weighted by Crippen LogP contribution is -2.17. The van der Waals surface area contributed by atoms with Crippen LogP contribution in [-0.4, -0.2) is 24.8 Å². The van der Waals surface area contributed by atoms with Crippen LogP contribution in [0.5, 0.6) is 5.75 Å². The molecule has 0 atom stereocenters. The van der Waals surface area contributed by atoms with E-state index in [-0.39, 0.29) is 5.75 Å². The van der Waals surface area contributed by atoms with Crippen molar-refractivity contribution in [2.24, 2.45) is 0 Å². The van der Waals surface area contributed by atoms with E-state index in [0.29, 0.717) is 32.2 Å². The number of rotatable bonds is 1. The van der Waals surface area contributed by atoms with Gasteiger partial charge in [-0.15, -0.1) is 4.73 Å². The highest BCUT2D eigenvalue weighted by Crippen LogP contribution is 2.22. The molecule has 0 amide bonds. The van der Waals surface area contributed by atoms with E-state index in [1.807, 2.05) is 6.07 Å². The van der Waals surface area contributed by atoms with E-state index in [1.54, 1.807) is 53.3 Å². The molecule has 0 spiro atoms. The first-order chi connectivity index (χ1) is 10.6. The van der Waals surface area contributed by atoms with Gasteiger partial charge in [0.25, 0.3) is 5.56 Å². The molecule has 6 heteroatoms. The zero-order valence-electron chi connectivity index (χ0n) is 11.3. The van der Waals surface area contributed by atoms with E-state index in [4.69, 9.17) is 0 Å². The third-order valence-electron chi connectivity index (χ3n) is 3.64. The van der Waals surface area contributed by atoms with Gasteiger partial charge in [0.1, 0.15) is 11.3 Å². The summed E-state index contributed by atoms with van der Waals surface area (Å²) < 4.78 is 2.19. The molecule has 0 fully saturated rings. The molecule has 0 unspecified atom stereocenters. The molecule has 2 aromatic carbocycles. The monoisotopic (exact) mass is 293 g/mol. The maximum atomic E-state index is 12.3. The molecule has 0 aliphatic rings. The van der Waals surface area contributed by atoms with Crippen molar-refractivity contribution >= 4 is 21.8 Å². The molecule has 2 aromatic heterocycles. The van der Waals surface area contributed by atoms with Crippen LogP contribution in [0.2, 0.25) is 0 Å². The molecule has 6 nitrogen and oxygen atoms in total. The van der Waals surface area contributed by atoms with Crippen LogP contribution in [-0.2, 0) is 0 Å². The number of phenols is 1. The number of hydrogen-bond donors (Lipinski definition) is 2. The lowest BCUT2D eigenvalue weighted by atomic mass is 10.2. The van der Waals surface area contributed by atoms with Crippen molar-refractivity contribution in [3.63, 3.8) is 0 Å². The first-order valence-corrected chi connectivity index (χ1v) is 6.67. The predicted octanol–water partition coefficient (Wildman–Crippen LogP) is 2.28. The third-order valence-corrected chi connectivity index (χ3v) is 3.64. The fourth-order valence-corrected chi connectivity index (χ4v) is 2.55.